The normalized spacial score (nSPS) is 12.8. The quantitative estimate of drug-likeness (QED) is 0.0199. The first-order chi connectivity index (χ1) is 32.0. The van der Waals surface area contributed by atoms with E-state index in [1.165, 1.54) is 96.3 Å². The van der Waals surface area contributed by atoms with Gasteiger partial charge in [-0.1, -0.05) is 240 Å². The molecule has 0 spiro atoms. The fourth-order valence-corrected chi connectivity index (χ4v) is 7.21. The Morgan fingerprint density at radius 2 is 0.677 bits per heavy atom. The Hall–Kier alpha value is -3.67. The van der Waals surface area contributed by atoms with Gasteiger partial charge in [-0.3, -0.25) is 14.4 Å². The number of carbonyl (C=O) groups excluding carboxylic acids is 3. The highest BCUT2D eigenvalue weighted by molar-refractivity contribution is 5.71. The average Bonchev–Trinajstić information content (AvgIpc) is 3.30. The first-order valence-corrected chi connectivity index (χ1v) is 26.8. The number of rotatable bonds is 47. The molecule has 0 aliphatic carbocycles. The Kier molecular flexibility index (Phi) is 50.0. The van der Waals surface area contributed by atoms with Crippen LogP contribution in [0.3, 0.4) is 0 Å². The van der Waals surface area contributed by atoms with E-state index in [1.807, 2.05) is 36.5 Å². The number of ether oxygens (including phenoxy) is 3. The van der Waals surface area contributed by atoms with Gasteiger partial charge >= 0.3 is 17.9 Å². The van der Waals surface area contributed by atoms with E-state index in [1.54, 1.807) is 0 Å². The lowest BCUT2D eigenvalue weighted by molar-refractivity contribution is -0.167. The molecule has 6 heteroatoms. The van der Waals surface area contributed by atoms with Crippen molar-refractivity contribution < 1.29 is 28.6 Å². The largest absolute Gasteiger partial charge is 0.462 e. The van der Waals surface area contributed by atoms with Crippen LogP contribution in [0.1, 0.15) is 239 Å². The van der Waals surface area contributed by atoms with Gasteiger partial charge in [-0.25, -0.2) is 0 Å². The Balaban J connectivity index is 4.46. The van der Waals surface area contributed by atoms with Crippen molar-refractivity contribution in [3.8, 4) is 0 Å². The highest BCUT2D eigenvalue weighted by atomic mass is 16.6. The average molecular weight is 903 g/mol. The molecule has 0 aliphatic heterocycles. The molecule has 0 amide bonds. The van der Waals surface area contributed by atoms with Gasteiger partial charge in [0, 0.05) is 19.3 Å². The van der Waals surface area contributed by atoms with Gasteiger partial charge in [-0.2, -0.15) is 0 Å². The number of carbonyl (C=O) groups is 3. The lowest BCUT2D eigenvalue weighted by Crippen LogP contribution is -2.30. The van der Waals surface area contributed by atoms with Gasteiger partial charge in [0.25, 0.3) is 0 Å². The fourth-order valence-electron chi connectivity index (χ4n) is 7.21. The van der Waals surface area contributed by atoms with Crippen LogP contribution in [0.25, 0.3) is 0 Å². The van der Waals surface area contributed by atoms with E-state index in [4.69, 9.17) is 14.2 Å². The van der Waals surface area contributed by atoms with E-state index >= 15 is 0 Å². The minimum Gasteiger partial charge on any atom is -0.462 e. The second kappa shape index (κ2) is 52.9. The molecule has 0 aromatic rings. The smallest absolute Gasteiger partial charge is 0.306 e. The van der Waals surface area contributed by atoms with Crippen LogP contribution in [-0.4, -0.2) is 37.2 Å². The standard InChI is InChI=1S/C59H98O6/c1-4-7-10-13-16-19-22-25-27-29-30-32-34-37-40-43-46-49-52-58(61)64-55-56(54-63-57(60)51-48-45-42-39-36-33-24-21-18-15-12-9-6-3)65-59(62)53-50-47-44-41-38-35-31-28-26-23-20-17-14-11-8-5-2/h8-9,11-12,15,17-18,20-21,24,26,28,33,35-36,38,56H,4-7,10,13-14,16,19,22-23,25,27,29-32,34,37,39-55H2,1-3H3/b11-8+,12-9+,18-15+,20-17+,24-21+,28-26+,36-33+,38-35+. The number of hydrogen-bond donors (Lipinski definition) is 0. The fraction of sp³-hybridized carbons (Fsp3) is 0.678. The summed E-state index contributed by atoms with van der Waals surface area (Å²) in [7, 11) is 0. The van der Waals surface area contributed by atoms with Crippen LogP contribution in [-0.2, 0) is 28.6 Å². The van der Waals surface area contributed by atoms with Crippen LogP contribution >= 0.6 is 0 Å². The summed E-state index contributed by atoms with van der Waals surface area (Å²) >= 11 is 0. The number of unbranched alkanes of at least 4 members (excludes halogenated alkanes) is 23. The molecule has 0 radical (unpaired) electrons. The van der Waals surface area contributed by atoms with E-state index in [-0.39, 0.29) is 37.5 Å². The van der Waals surface area contributed by atoms with Gasteiger partial charge in [-0.15, -0.1) is 0 Å². The molecule has 0 rings (SSSR count). The lowest BCUT2D eigenvalue weighted by Gasteiger charge is -2.18. The predicted octanol–water partition coefficient (Wildman–Crippen LogP) is 17.8. The zero-order chi connectivity index (χ0) is 47.2. The third-order valence-electron chi connectivity index (χ3n) is 11.2. The molecule has 0 saturated carbocycles. The van der Waals surface area contributed by atoms with Crippen molar-refractivity contribution in [1.82, 2.24) is 0 Å². The first kappa shape index (κ1) is 61.3. The zero-order valence-corrected chi connectivity index (χ0v) is 42.2. The summed E-state index contributed by atoms with van der Waals surface area (Å²) in [6.07, 6.45) is 69.7. The van der Waals surface area contributed by atoms with Crippen molar-refractivity contribution in [3.63, 3.8) is 0 Å². The molecule has 0 aromatic heterocycles. The Labute approximate surface area is 400 Å². The number of allylic oxidation sites excluding steroid dienone is 16. The SMILES string of the molecule is CC/C=C/C=C/C=C/C=C/CCCCCC(=O)OCC(COC(=O)CCCCCCCCCCCCCCCCCCCC)OC(=O)CCCCC/C=C/C/C=C/C/C=C/C/C=C/CC. The van der Waals surface area contributed by atoms with Crippen LogP contribution < -0.4 is 0 Å². The second-order valence-electron chi connectivity index (χ2n) is 17.5. The molecule has 0 aliphatic rings. The molecule has 0 saturated heterocycles. The molecule has 0 aromatic carbocycles. The topological polar surface area (TPSA) is 78.9 Å². The summed E-state index contributed by atoms with van der Waals surface area (Å²) in [5, 5.41) is 0. The molecule has 65 heavy (non-hydrogen) atoms. The van der Waals surface area contributed by atoms with Crippen LogP contribution in [0.4, 0.5) is 0 Å². The van der Waals surface area contributed by atoms with Crippen molar-refractivity contribution in [3.05, 3.63) is 97.2 Å². The maximum atomic E-state index is 12.8. The van der Waals surface area contributed by atoms with Gasteiger partial charge < -0.3 is 14.2 Å². The van der Waals surface area contributed by atoms with E-state index in [0.29, 0.717) is 12.8 Å². The molecule has 6 nitrogen and oxygen atoms in total. The van der Waals surface area contributed by atoms with Crippen molar-refractivity contribution in [2.24, 2.45) is 0 Å². The summed E-state index contributed by atoms with van der Waals surface area (Å²) in [4.78, 5) is 38.0. The molecule has 0 heterocycles. The maximum absolute atomic E-state index is 12.8. The summed E-state index contributed by atoms with van der Waals surface area (Å²) in [6.45, 7) is 6.33. The number of hydrogen-bond acceptors (Lipinski definition) is 6. The lowest BCUT2D eigenvalue weighted by atomic mass is 10.0. The van der Waals surface area contributed by atoms with Crippen molar-refractivity contribution in [2.45, 2.75) is 245 Å². The Morgan fingerprint density at radius 3 is 1.12 bits per heavy atom. The van der Waals surface area contributed by atoms with E-state index in [0.717, 1.165) is 103 Å². The highest BCUT2D eigenvalue weighted by Crippen LogP contribution is 2.15. The molecule has 0 N–H and O–H groups in total. The van der Waals surface area contributed by atoms with E-state index < -0.39 is 6.10 Å². The summed E-state index contributed by atoms with van der Waals surface area (Å²) in [5.41, 5.74) is 0. The van der Waals surface area contributed by atoms with Gasteiger partial charge in [0.2, 0.25) is 0 Å². The van der Waals surface area contributed by atoms with Gasteiger partial charge in [-0.05, 0) is 77.0 Å². The van der Waals surface area contributed by atoms with Crippen LogP contribution in [0.2, 0.25) is 0 Å². The van der Waals surface area contributed by atoms with Crippen LogP contribution in [0.15, 0.2) is 97.2 Å². The molecular weight excluding hydrogens is 805 g/mol. The first-order valence-electron chi connectivity index (χ1n) is 26.8. The molecule has 1 atom stereocenters. The predicted molar refractivity (Wildman–Crippen MR) is 279 cm³/mol. The Bertz CT molecular complexity index is 1310. The highest BCUT2D eigenvalue weighted by Gasteiger charge is 2.19. The van der Waals surface area contributed by atoms with E-state index in [9.17, 15) is 14.4 Å². The van der Waals surface area contributed by atoms with Gasteiger partial charge in [0.1, 0.15) is 13.2 Å². The van der Waals surface area contributed by atoms with Gasteiger partial charge in [0.15, 0.2) is 6.10 Å². The second-order valence-corrected chi connectivity index (χ2v) is 17.5. The van der Waals surface area contributed by atoms with Gasteiger partial charge in [0.05, 0.1) is 0 Å². The summed E-state index contributed by atoms with van der Waals surface area (Å²) < 4.78 is 16.8. The third-order valence-corrected chi connectivity index (χ3v) is 11.2. The number of esters is 3. The monoisotopic (exact) mass is 903 g/mol. The van der Waals surface area contributed by atoms with E-state index in [2.05, 4.69) is 81.5 Å². The minimum atomic E-state index is -0.809. The molecule has 0 bridgehead atoms. The maximum Gasteiger partial charge on any atom is 0.306 e. The van der Waals surface area contributed by atoms with Crippen molar-refractivity contribution in [2.75, 3.05) is 13.2 Å². The molecular formula is C59H98O6. The third kappa shape index (κ3) is 51.2. The van der Waals surface area contributed by atoms with Crippen molar-refractivity contribution >= 4 is 17.9 Å². The van der Waals surface area contributed by atoms with Crippen LogP contribution in [0, 0.1) is 0 Å². The molecule has 0 fully saturated rings. The minimum absolute atomic E-state index is 0.102. The van der Waals surface area contributed by atoms with Crippen molar-refractivity contribution in [1.29, 1.82) is 0 Å². The Morgan fingerprint density at radius 1 is 0.338 bits per heavy atom. The van der Waals surface area contributed by atoms with Crippen LogP contribution in [0.5, 0.6) is 0 Å². The summed E-state index contributed by atoms with van der Waals surface area (Å²) in [5.74, 6) is -0.974. The zero-order valence-electron chi connectivity index (χ0n) is 42.2. The summed E-state index contributed by atoms with van der Waals surface area (Å²) in [6, 6.07) is 0. The molecule has 1 unspecified atom stereocenters. The molecule has 370 valence electrons.